The van der Waals surface area contributed by atoms with Crippen LogP contribution in [0.4, 0.5) is 0 Å². The normalized spacial score (nSPS) is 18.1. The van der Waals surface area contributed by atoms with Crippen molar-refractivity contribution in [1.29, 1.82) is 0 Å². The van der Waals surface area contributed by atoms with Gasteiger partial charge in [0, 0.05) is 19.5 Å². The molecule has 110 valence electrons. The Hall–Kier alpha value is -0.0300. The van der Waals surface area contributed by atoms with Gasteiger partial charge in [-0.05, 0) is 45.4 Å². The van der Waals surface area contributed by atoms with Crippen LogP contribution in [0.1, 0.15) is 26.2 Å². The van der Waals surface area contributed by atoms with Gasteiger partial charge in [-0.2, -0.15) is 0 Å². The summed E-state index contributed by atoms with van der Waals surface area (Å²) in [4.78, 5) is 13.7. The van der Waals surface area contributed by atoms with E-state index in [9.17, 15) is 4.79 Å². The number of halogens is 2. The van der Waals surface area contributed by atoms with E-state index in [1.54, 1.807) is 0 Å². The number of nitrogens with zero attached hydrogens (tertiary/aromatic N) is 1. The molecule has 1 amide bonds. The summed E-state index contributed by atoms with van der Waals surface area (Å²) >= 11 is 0. The minimum absolute atomic E-state index is 0. The number of amides is 1. The molecule has 0 aromatic rings. The van der Waals surface area contributed by atoms with Crippen molar-refractivity contribution < 1.29 is 4.79 Å². The average molecular weight is 300 g/mol. The summed E-state index contributed by atoms with van der Waals surface area (Å²) in [5.74, 6) is 0.917. The topological polar surface area (TPSA) is 44.4 Å². The van der Waals surface area contributed by atoms with Crippen LogP contribution in [0.25, 0.3) is 0 Å². The number of nitrogens with one attached hydrogen (secondary N) is 2. The van der Waals surface area contributed by atoms with Gasteiger partial charge >= 0.3 is 0 Å². The van der Waals surface area contributed by atoms with Gasteiger partial charge in [0.25, 0.3) is 0 Å². The molecule has 1 heterocycles. The fourth-order valence-electron chi connectivity index (χ4n) is 1.93. The van der Waals surface area contributed by atoms with Crippen molar-refractivity contribution in [3.63, 3.8) is 0 Å². The number of hydrogen-bond acceptors (Lipinski definition) is 3. The van der Waals surface area contributed by atoms with Crippen molar-refractivity contribution in [2.24, 2.45) is 5.92 Å². The fourth-order valence-corrected chi connectivity index (χ4v) is 1.93. The predicted molar refractivity (Wildman–Crippen MR) is 80.9 cm³/mol. The summed E-state index contributed by atoms with van der Waals surface area (Å²) in [5.41, 5.74) is 0. The highest BCUT2D eigenvalue weighted by atomic mass is 35.5. The van der Waals surface area contributed by atoms with E-state index in [1.807, 2.05) is 0 Å². The summed E-state index contributed by atoms with van der Waals surface area (Å²) < 4.78 is 0. The predicted octanol–water partition coefficient (Wildman–Crippen LogP) is 1.29. The molecule has 18 heavy (non-hydrogen) atoms. The highest BCUT2D eigenvalue weighted by molar-refractivity contribution is 5.85. The number of rotatable bonds is 7. The van der Waals surface area contributed by atoms with Crippen LogP contribution in [0, 0.1) is 5.92 Å². The van der Waals surface area contributed by atoms with Gasteiger partial charge in [0.1, 0.15) is 0 Å². The highest BCUT2D eigenvalue weighted by Crippen LogP contribution is 2.13. The van der Waals surface area contributed by atoms with E-state index in [-0.39, 0.29) is 30.7 Å². The van der Waals surface area contributed by atoms with E-state index in [4.69, 9.17) is 0 Å². The maximum absolute atomic E-state index is 11.5. The first-order valence-corrected chi connectivity index (χ1v) is 6.38. The van der Waals surface area contributed by atoms with Gasteiger partial charge in [-0.3, -0.25) is 4.79 Å². The molecular formula is C12H27Cl2N3O. The summed E-state index contributed by atoms with van der Waals surface area (Å²) in [6.45, 7) is 7.07. The molecule has 1 saturated heterocycles. The van der Waals surface area contributed by atoms with Crippen molar-refractivity contribution in [1.82, 2.24) is 15.5 Å². The molecule has 1 fully saturated rings. The van der Waals surface area contributed by atoms with Gasteiger partial charge < -0.3 is 15.5 Å². The number of carbonyl (C=O) groups is 1. The lowest BCUT2D eigenvalue weighted by Gasteiger charge is -2.14. The zero-order valence-electron chi connectivity index (χ0n) is 11.4. The van der Waals surface area contributed by atoms with E-state index >= 15 is 0 Å². The van der Waals surface area contributed by atoms with E-state index in [2.05, 4.69) is 29.5 Å². The minimum atomic E-state index is 0. The zero-order chi connectivity index (χ0) is 11.8. The molecular weight excluding hydrogens is 273 g/mol. The molecule has 0 saturated carbocycles. The second-order valence-electron chi connectivity index (χ2n) is 4.64. The Balaban J connectivity index is 0. The summed E-state index contributed by atoms with van der Waals surface area (Å²) in [5, 5.41) is 6.29. The number of carbonyl (C=O) groups excluding carboxylic acids is 1. The third-order valence-electron chi connectivity index (χ3n) is 3.30. The molecule has 1 unspecified atom stereocenters. The standard InChI is InChI=1S/C12H25N3O.2ClH/c1-3-15(2)9-8-14-12(16)5-4-11-6-7-13-10-11;;/h11,13H,3-10H2,1-2H3,(H,14,16);2*1H. The molecule has 2 N–H and O–H groups in total. The van der Waals surface area contributed by atoms with Gasteiger partial charge in [-0.15, -0.1) is 24.8 Å². The molecule has 0 aliphatic carbocycles. The highest BCUT2D eigenvalue weighted by Gasteiger charge is 2.15. The van der Waals surface area contributed by atoms with Crippen molar-refractivity contribution in [3.8, 4) is 0 Å². The third kappa shape index (κ3) is 8.97. The molecule has 1 rings (SSSR count). The van der Waals surface area contributed by atoms with Crippen LogP contribution in [-0.2, 0) is 4.79 Å². The maximum atomic E-state index is 11.5. The number of likely N-dealkylation sites (N-methyl/N-ethyl adjacent to an activating group) is 1. The van der Waals surface area contributed by atoms with Gasteiger partial charge in [0.05, 0.1) is 0 Å². The Morgan fingerprint density at radius 1 is 1.44 bits per heavy atom. The van der Waals surface area contributed by atoms with Crippen molar-refractivity contribution >= 4 is 30.7 Å². The van der Waals surface area contributed by atoms with Crippen LogP contribution in [-0.4, -0.2) is 50.6 Å². The molecule has 0 bridgehead atoms. The Morgan fingerprint density at radius 2 is 2.17 bits per heavy atom. The van der Waals surface area contributed by atoms with Crippen LogP contribution in [0.2, 0.25) is 0 Å². The second kappa shape index (κ2) is 12.0. The Labute approximate surface area is 123 Å². The van der Waals surface area contributed by atoms with Crippen molar-refractivity contribution in [3.05, 3.63) is 0 Å². The zero-order valence-corrected chi connectivity index (χ0v) is 13.0. The van der Waals surface area contributed by atoms with E-state index < -0.39 is 0 Å². The van der Waals surface area contributed by atoms with Crippen LogP contribution < -0.4 is 10.6 Å². The quantitative estimate of drug-likeness (QED) is 0.744. The van der Waals surface area contributed by atoms with E-state index in [0.717, 1.165) is 39.1 Å². The molecule has 1 aliphatic rings. The van der Waals surface area contributed by atoms with Gasteiger partial charge in [0.15, 0.2) is 0 Å². The van der Waals surface area contributed by atoms with Crippen LogP contribution in [0.15, 0.2) is 0 Å². The minimum Gasteiger partial charge on any atom is -0.355 e. The first-order valence-electron chi connectivity index (χ1n) is 6.38. The smallest absolute Gasteiger partial charge is 0.220 e. The molecule has 0 radical (unpaired) electrons. The molecule has 0 aromatic carbocycles. The average Bonchev–Trinajstić information content (AvgIpc) is 2.79. The third-order valence-corrected chi connectivity index (χ3v) is 3.30. The van der Waals surface area contributed by atoms with Crippen LogP contribution in [0.5, 0.6) is 0 Å². The monoisotopic (exact) mass is 299 g/mol. The Morgan fingerprint density at radius 3 is 2.72 bits per heavy atom. The molecule has 4 nitrogen and oxygen atoms in total. The summed E-state index contributed by atoms with van der Waals surface area (Å²) in [7, 11) is 2.07. The molecule has 6 heteroatoms. The number of hydrogen-bond donors (Lipinski definition) is 2. The van der Waals surface area contributed by atoms with Crippen LogP contribution in [0.3, 0.4) is 0 Å². The molecule has 0 spiro atoms. The van der Waals surface area contributed by atoms with Gasteiger partial charge in [-0.1, -0.05) is 6.92 Å². The first-order chi connectivity index (χ1) is 7.72. The van der Waals surface area contributed by atoms with Crippen LogP contribution >= 0.6 is 24.8 Å². The first kappa shape index (κ1) is 20.3. The Bertz CT molecular complexity index is 211. The lowest BCUT2D eigenvalue weighted by atomic mass is 10.0. The lowest BCUT2D eigenvalue weighted by Crippen LogP contribution is -2.33. The van der Waals surface area contributed by atoms with Crippen molar-refractivity contribution in [2.45, 2.75) is 26.2 Å². The maximum Gasteiger partial charge on any atom is 0.220 e. The largest absolute Gasteiger partial charge is 0.355 e. The second-order valence-corrected chi connectivity index (χ2v) is 4.64. The molecule has 1 atom stereocenters. The molecule has 1 aliphatic heterocycles. The van der Waals surface area contributed by atoms with Gasteiger partial charge in [-0.25, -0.2) is 0 Å². The van der Waals surface area contributed by atoms with Gasteiger partial charge in [0.2, 0.25) is 5.91 Å². The lowest BCUT2D eigenvalue weighted by molar-refractivity contribution is -0.121. The van der Waals surface area contributed by atoms with Crippen molar-refractivity contribution in [2.75, 3.05) is 39.8 Å². The Kier molecular flexibility index (Phi) is 13.6. The molecule has 0 aromatic heterocycles. The fraction of sp³-hybridized carbons (Fsp3) is 0.917. The van der Waals surface area contributed by atoms with E-state index in [0.29, 0.717) is 12.3 Å². The summed E-state index contributed by atoms with van der Waals surface area (Å²) in [6, 6.07) is 0. The SMILES string of the molecule is CCN(C)CCNC(=O)CCC1CCNC1.Cl.Cl. The summed E-state index contributed by atoms with van der Waals surface area (Å²) in [6.07, 6.45) is 2.94. The van der Waals surface area contributed by atoms with E-state index in [1.165, 1.54) is 6.42 Å².